The van der Waals surface area contributed by atoms with E-state index in [4.69, 9.17) is 14.2 Å². The van der Waals surface area contributed by atoms with E-state index in [-0.39, 0.29) is 5.91 Å². The lowest BCUT2D eigenvalue weighted by Gasteiger charge is -2.41. The molecule has 200 valence electrons. The molecule has 5 rings (SSSR count). The molecule has 2 heterocycles. The zero-order valence-electron chi connectivity index (χ0n) is 22.9. The van der Waals surface area contributed by atoms with E-state index in [0.29, 0.717) is 30.7 Å². The molecule has 2 bridgehead atoms. The van der Waals surface area contributed by atoms with E-state index < -0.39 is 0 Å². The van der Waals surface area contributed by atoms with Crippen molar-refractivity contribution < 1.29 is 19.0 Å². The molecule has 1 unspecified atom stereocenters. The molecular weight excluding hydrogens is 464 g/mol. The van der Waals surface area contributed by atoms with Crippen LogP contribution >= 0.6 is 0 Å². The molecule has 2 fully saturated rings. The maximum atomic E-state index is 13.5. The minimum atomic E-state index is 0.170. The number of hydrogen-bond donors (Lipinski definition) is 0. The molecule has 0 N–H and O–H groups in total. The summed E-state index contributed by atoms with van der Waals surface area (Å²) in [6.07, 6.45) is 7.59. The highest BCUT2D eigenvalue weighted by Crippen LogP contribution is 2.42. The normalized spacial score (nSPS) is 22.8. The number of fused-ring (bicyclic) bond motifs is 3. The van der Waals surface area contributed by atoms with Crippen molar-refractivity contribution in [2.75, 3.05) is 33.9 Å². The lowest BCUT2D eigenvalue weighted by Crippen LogP contribution is -2.49. The Morgan fingerprint density at radius 3 is 2.19 bits per heavy atom. The second-order valence-electron chi connectivity index (χ2n) is 10.9. The number of carbonyl (C=O) groups excluding carboxylic acids is 1. The number of methoxy groups -OCH3 is 2. The predicted octanol–water partition coefficient (Wildman–Crippen LogP) is 5.37. The molecule has 3 atom stereocenters. The third-order valence-electron chi connectivity index (χ3n) is 8.64. The van der Waals surface area contributed by atoms with Gasteiger partial charge in [0.25, 0.3) is 5.91 Å². The second kappa shape index (κ2) is 11.3. The van der Waals surface area contributed by atoms with Crippen LogP contribution in [-0.4, -0.2) is 67.7 Å². The Morgan fingerprint density at radius 2 is 1.62 bits per heavy atom. The molecule has 0 aromatic heterocycles. The van der Waals surface area contributed by atoms with Crippen LogP contribution in [0.5, 0.6) is 17.2 Å². The molecule has 1 amide bonds. The first-order valence-corrected chi connectivity index (χ1v) is 14.1. The number of ether oxygens (including phenoxy) is 3. The summed E-state index contributed by atoms with van der Waals surface area (Å²) in [5.41, 5.74) is 3.37. The fraction of sp³-hybridized carbons (Fsp3) is 0.581. The Morgan fingerprint density at radius 1 is 0.973 bits per heavy atom. The Kier molecular flexibility index (Phi) is 7.94. The molecule has 0 saturated carbocycles. The SMILES string of the molecule is CCCN(CC1C[C@H]2CC[C@@H](C1)N2C(=O)c1cccc(OCC)c1)C1Cc2c(OC)ccc(OC)c2C1. The first-order chi connectivity index (χ1) is 18.1. The molecule has 2 aromatic rings. The van der Waals surface area contributed by atoms with E-state index in [1.165, 1.54) is 11.1 Å². The van der Waals surface area contributed by atoms with Crippen molar-refractivity contribution in [2.45, 2.75) is 76.9 Å². The van der Waals surface area contributed by atoms with Gasteiger partial charge in [0.05, 0.1) is 20.8 Å². The standard InChI is InChI=1S/C31H42N2O4/c1-5-14-32(25-18-27-28(19-25)30(36-4)13-12-29(27)35-3)20-21-15-23-10-11-24(16-21)33(23)31(34)22-8-7-9-26(17-22)37-6-2/h7-9,12-13,17,21,23-25H,5-6,10-11,14-16,18-20H2,1-4H3/t21?,23-,24+. The van der Waals surface area contributed by atoms with Crippen LogP contribution in [0.25, 0.3) is 0 Å². The summed E-state index contributed by atoms with van der Waals surface area (Å²) in [7, 11) is 3.52. The molecule has 6 nitrogen and oxygen atoms in total. The van der Waals surface area contributed by atoms with Crippen molar-refractivity contribution in [3.05, 3.63) is 53.1 Å². The first-order valence-electron chi connectivity index (χ1n) is 14.1. The number of benzene rings is 2. The highest BCUT2D eigenvalue weighted by Gasteiger charge is 2.44. The minimum absolute atomic E-state index is 0.170. The average molecular weight is 507 g/mol. The number of piperidine rings is 1. The largest absolute Gasteiger partial charge is 0.496 e. The zero-order valence-corrected chi connectivity index (χ0v) is 22.9. The lowest BCUT2D eigenvalue weighted by atomic mass is 9.89. The third kappa shape index (κ3) is 5.18. The molecule has 6 heteroatoms. The molecule has 37 heavy (non-hydrogen) atoms. The summed E-state index contributed by atoms with van der Waals surface area (Å²) in [4.78, 5) is 18.5. The maximum Gasteiger partial charge on any atom is 0.254 e. The monoisotopic (exact) mass is 506 g/mol. The predicted molar refractivity (Wildman–Crippen MR) is 146 cm³/mol. The Hall–Kier alpha value is -2.73. The molecule has 2 aromatic carbocycles. The van der Waals surface area contributed by atoms with Gasteiger partial charge in [0.1, 0.15) is 17.2 Å². The van der Waals surface area contributed by atoms with Crippen molar-refractivity contribution in [2.24, 2.45) is 5.92 Å². The molecule has 2 aliphatic heterocycles. The molecule has 2 saturated heterocycles. The van der Waals surface area contributed by atoms with Gasteiger partial charge >= 0.3 is 0 Å². The summed E-state index contributed by atoms with van der Waals surface area (Å²) in [5.74, 6) is 3.52. The highest BCUT2D eigenvalue weighted by molar-refractivity contribution is 5.95. The van der Waals surface area contributed by atoms with Gasteiger partial charge in [-0.3, -0.25) is 9.69 Å². The number of rotatable bonds is 10. The number of hydrogen-bond acceptors (Lipinski definition) is 5. The molecule has 1 aliphatic carbocycles. The van der Waals surface area contributed by atoms with Gasteiger partial charge in [-0.1, -0.05) is 13.0 Å². The smallest absolute Gasteiger partial charge is 0.254 e. The Labute approximate surface area is 221 Å². The number of nitrogens with zero attached hydrogens (tertiary/aromatic N) is 2. The highest BCUT2D eigenvalue weighted by atomic mass is 16.5. The fourth-order valence-electron chi connectivity index (χ4n) is 7.13. The van der Waals surface area contributed by atoms with E-state index >= 15 is 0 Å². The quantitative estimate of drug-likeness (QED) is 0.434. The maximum absolute atomic E-state index is 13.5. The first kappa shape index (κ1) is 25.9. The molecule has 0 spiro atoms. The van der Waals surface area contributed by atoms with Crippen molar-refractivity contribution in [1.29, 1.82) is 0 Å². The Balaban J connectivity index is 1.27. The van der Waals surface area contributed by atoms with Crippen molar-refractivity contribution >= 4 is 5.91 Å². The van der Waals surface area contributed by atoms with E-state index in [0.717, 1.165) is 80.8 Å². The zero-order chi connectivity index (χ0) is 25.9. The summed E-state index contributed by atoms with van der Waals surface area (Å²) in [6.45, 7) is 7.05. The summed E-state index contributed by atoms with van der Waals surface area (Å²) in [5, 5.41) is 0. The van der Waals surface area contributed by atoms with Gasteiger partial charge in [0.15, 0.2) is 0 Å². The van der Waals surface area contributed by atoms with Crippen LogP contribution in [0.1, 0.15) is 67.4 Å². The van der Waals surface area contributed by atoms with Crippen LogP contribution in [0.4, 0.5) is 0 Å². The van der Waals surface area contributed by atoms with Crippen LogP contribution < -0.4 is 14.2 Å². The van der Waals surface area contributed by atoms with Gasteiger partial charge in [-0.05, 0) is 94.7 Å². The minimum Gasteiger partial charge on any atom is -0.496 e. The number of carbonyl (C=O) groups is 1. The lowest BCUT2D eigenvalue weighted by molar-refractivity contribution is 0.0455. The van der Waals surface area contributed by atoms with Crippen LogP contribution in [-0.2, 0) is 12.8 Å². The van der Waals surface area contributed by atoms with Gasteiger partial charge in [-0.25, -0.2) is 0 Å². The van der Waals surface area contributed by atoms with E-state index in [9.17, 15) is 4.79 Å². The van der Waals surface area contributed by atoms with Crippen LogP contribution in [0, 0.1) is 5.92 Å². The molecular formula is C31H42N2O4. The van der Waals surface area contributed by atoms with E-state index in [2.05, 4.69) is 16.7 Å². The topological polar surface area (TPSA) is 51.2 Å². The van der Waals surface area contributed by atoms with Gasteiger partial charge in [-0.15, -0.1) is 0 Å². The molecule has 0 radical (unpaired) electrons. The van der Waals surface area contributed by atoms with Gasteiger partial charge < -0.3 is 19.1 Å². The van der Waals surface area contributed by atoms with Gasteiger partial charge in [0.2, 0.25) is 0 Å². The Bertz CT molecular complexity index is 1060. The van der Waals surface area contributed by atoms with Gasteiger partial charge in [0, 0.05) is 41.4 Å². The van der Waals surface area contributed by atoms with Crippen LogP contribution in [0.3, 0.4) is 0 Å². The fourth-order valence-corrected chi connectivity index (χ4v) is 7.13. The van der Waals surface area contributed by atoms with E-state index in [1.54, 1.807) is 14.2 Å². The van der Waals surface area contributed by atoms with E-state index in [1.807, 2.05) is 43.3 Å². The third-order valence-corrected chi connectivity index (χ3v) is 8.64. The van der Waals surface area contributed by atoms with Crippen LogP contribution in [0.2, 0.25) is 0 Å². The average Bonchev–Trinajstić information content (AvgIpc) is 3.47. The van der Waals surface area contributed by atoms with Crippen molar-refractivity contribution in [3.63, 3.8) is 0 Å². The van der Waals surface area contributed by atoms with Crippen molar-refractivity contribution in [3.8, 4) is 17.2 Å². The number of amides is 1. The van der Waals surface area contributed by atoms with Gasteiger partial charge in [-0.2, -0.15) is 0 Å². The summed E-state index contributed by atoms with van der Waals surface area (Å²) >= 11 is 0. The van der Waals surface area contributed by atoms with Crippen molar-refractivity contribution in [1.82, 2.24) is 9.80 Å². The van der Waals surface area contributed by atoms with Crippen LogP contribution in [0.15, 0.2) is 36.4 Å². The summed E-state index contributed by atoms with van der Waals surface area (Å²) in [6, 6.07) is 12.9. The summed E-state index contributed by atoms with van der Waals surface area (Å²) < 4.78 is 17.1. The molecule has 3 aliphatic rings. The second-order valence-corrected chi connectivity index (χ2v) is 10.9.